The van der Waals surface area contributed by atoms with Gasteiger partial charge in [0.2, 0.25) is 0 Å². The predicted molar refractivity (Wildman–Crippen MR) is 144 cm³/mol. The largest absolute Gasteiger partial charge is 0.493 e. The number of carbonyl (C=O) groups is 1. The van der Waals surface area contributed by atoms with Crippen molar-refractivity contribution in [3.8, 4) is 17.0 Å². The molecule has 1 aliphatic rings. The number of carbonyl (C=O) groups excluding carboxylic acids is 1. The maximum Gasteiger partial charge on any atom is 0.410 e. The molecule has 11 nitrogen and oxygen atoms in total. The molecule has 0 spiro atoms. The van der Waals surface area contributed by atoms with Gasteiger partial charge in [0, 0.05) is 37.3 Å². The van der Waals surface area contributed by atoms with E-state index in [0.717, 1.165) is 5.56 Å². The van der Waals surface area contributed by atoms with Gasteiger partial charge in [-0.3, -0.25) is 4.98 Å². The maximum atomic E-state index is 12.5. The number of fused-ring (bicyclic) bond motifs is 1. The van der Waals surface area contributed by atoms with E-state index in [9.17, 15) is 13.2 Å². The molecular weight excluding hydrogens is 510 g/mol. The summed E-state index contributed by atoms with van der Waals surface area (Å²) in [5.74, 6) is 1.08. The molecule has 1 saturated heterocycles. The van der Waals surface area contributed by atoms with Crippen LogP contribution in [0, 0.1) is 0 Å². The van der Waals surface area contributed by atoms with E-state index in [1.54, 1.807) is 29.4 Å². The number of pyridine rings is 1. The van der Waals surface area contributed by atoms with Crippen LogP contribution in [0.5, 0.6) is 5.75 Å². The second-order valence-corrected chi connectivity index (χ2v) is 12.3. The van der Waals surface area contributed by atoms with E-state index in [-0.39, 0.29) is 24.6 Å². The molecular formula is C26H33N5O6S. The number of nitrogens with one attached hydrogen (secondary N) is 1. The lowest BCUT2D eigenvalue weighted by Gasteiger charge is -2.34. The molecule has 1 fully saturated rings. The van der Waals surface area contributed by atoms with Gasteiger partial charge in [0.1, 0.15) is 23.5 Å². The number of nitrogens with zero attached hydrogens (tertiary/aromatic N) is 4. The zero-order valence-corrected chi connectivity index (χ0v) is 22.8. The number of hydrogen-bond acceptors (Lipinski definition) is 10. The summed E-state index contributed by atoms with van der Waals surface area (Å²) in [6.45, 7) is 7.31. The fourth-order valence-corrected chi connectivity index (χ4v) is 4.21. The number of sulfone groups is 1. The van der Waals surface area contributed by atoms with Gasteiger partial charge in [-0.2, -0.15) is 0 Å². The standard InChI is InChI=1S/C26H33N5O6S/c1-26(2,3)37-25(32)31-11-12-35-20(17-31)16-29-24-23-22(27-9-10-28-23)15-21(30-24)18-5-7-19(8-6-18)36-13-14-38(4,33)34/h5-10,15,20H,11-14,16-17H2,1-4H3,(H,29,30). The van der Waals surface area contributed by atoms with Crippen LogP contribution in [0.3, 0.4) is 0 Å². The van der Waals surface area contributed by atoms with Gasteiger partial charge < -0.3 is 24.4 Å². The zero-order valence-electron chi connectivity index (χ0n) is 22.0. The summed E-state index contributed by atoms with van der Waals surface area (Å²) in [5, 5.41) is 3.33. The van der Waals surface area contributed by atoms with Crippen molar-refractivity contribution in [1.29, 1.82) is 0 Å². The quantitative estimate of drug-likeness (QED) is 0.452. The van der Waals surface area contributed by atoms with Gasteiger partial charge in [0.05, 0.1) is 36.2 Å². The second-order valence-electron chi connectivity index (χ2n) is 10.1. The number of amides is 1. The Morgan fingerprint density at radius 3 is 2.63 bits per heavy atom. The molecule has 1 aromatic carbocycles. The summed E-state index contributed by atoms with van der Waals surface area (Å²) in [7, 11) is -3.09. The predicted octanol–water partition coefficient (Wildman–Crippen LogP) is 3.16. The van der Waals surface area contributed by atoms with Crippen molar-refractivity contribution < 1.29 is 27.4 Å². The van der Waals surface area contributed by atoms with Crippen LogP contribution < -0.4 is 10.1 Å². The minimum atomic E-state index is -3.09. The highest BCUT2D eigenvalue weighted by atomic mass is 32.2. The van der Waals surface area contributed by atoms with Gasteiger partial charge in [-0.25, -0.2) is 23.2 Å². The summed E-state index contributed by atoms with van der Waals surface area (Å²) in [6.07, 6.45) is 3.80. The summed E-state index contributed by atoms with van der Waals surface area (Å²) in [4.78, 5) is 27.8. The van der Waals surface area contributed by atoms with E-state index in [0.29, 0.717) is 54.5 Å². The number of anilines is 1. The van der Waals surface area contributed by atoms with Crippen molar-refractivity contribution in [3.63, 3.8) is 0 Å². The highest BCUT2D eigenvalue weighted by Gasteiger charge is 2.28. The third-order valence-electron chi connectivity index (χ3n) is 5.62. The van der Waals surface area contributed by atoms with Crippen LogP contribution in [0.4, 0.5) is 10.6 Å². The minimum absolute atomic E-state index is 0.0467. The molecule has 0 bridgehead atoms. The molecule has 3 aromatic rings. The summed E-state index contributed by atoms with van der Waals surface area (Å²) < 4.78 is 39.5. The first-order chi connectivity index (χ1) is 18.0. The maximum absolute atomic E-state index is 12.5. The number of ether oxygens (including phenoxy) is 3. The Kier molecular flexibility index (Phi) is 8.32. The van der Waals surface area contributed by atoms with Crippen molar-refractivity contribution in [3.05, 3.63) is 42.7 Å². The SMILES string of the molecule is CC(C)(C)OC(=O)N1CCOC(CNc2nc(-c3ccc(OCCS(C)(=O)=O)cc3)cc3nccnc23)C1. The average molecular weight is 544 g/mol. The molecule has 1 atom stereocenters. The van der Waals surface area contributed by atoms with Crippen molar-refractivity contribution >= 4 is 32.8 Å². The van der Waals surface area contributed by atoms with Crippen LogP contribution in [0.1, 0.15) is 20.8 Å². The first kappa shape index (κ1) is 27.5. The fraction of sp³-hybridized carbons (Fsp3) is 0.462. The van der Waals surface area contributed by atoms with Crippen molar-refractivity contribution in [2.75, 3.05) is 50.2 Å². The van der Waals surface area contributed by atoms with E-state index in [2.05, 4.69) is 15.3 Å². The highest BCUT2D eigenvalue weighted by Crippen LogP contribution is 2.27. The number of hydrogen-bond donors (Lipinski definition) is 1. The summed E-state index contributed by atoms with van der Waals surface area (Å²) in [5.41, 5.74) is 2.25. The van der Waals surface area contributed by atoms with Crippen LogP contribution in [0.25, 0.3) is 22.3 Å². The average Bonchev–Trinajstić information content (AvgIpc) is 2.86. The molecule has 0 saturated carbocycles. The second kappa shape index (κ2) is 11.5. The minimum Gasteiger partial charge on any atom is -0.493 e. The Morgan fingerprint density at radius 1 is 1.18 bits per heavy atom. The highest BCUT2D eigenvalue weighted by molar-refractivity contribution is 7.90. The molecule has 204 valence electrons. The van der Waals surface area contributed by atoms with Crippen molar-refractivity contribution in [2.45, 2.75) is 32.5 Å². The Hall–Kier alpha value is -3.51. The lowest BCUT2D eigenvalue weighted by molar-refractivity contribution is -0.0371. The van der Waals surface area contributed by atoms with E-state index in [1.165, 1.54) is 6.26 Å². The number of morpholine rings is 1. The van der Waals surface area contributed by atoms with Gasteiger partial charge in [-0.15, -0.1) is 0 Å². The Bertz CT molecular complexity index is 1380. The van der Waals surface area contributed by atoms with Gasteiger partial charge in [-0.05, 0) is 51.1 Å². The van der Waals surface area contributed by atoms with E-state index in [1.807, 2.05) is 39.0 Å². The number of benzene rings is 1. The van der Waals surface area contributed by atoms with Gasteiger partial charge in [0.15, 0.2) is 15.7 Å². The van der Waals surface area contributed by atoms with Crippen molar-refractivity contribution in [2.24, 2.45) is 0 Å². The van der Waals surface area contributed by atoms with E-state index < -0.39 is 15.4 Å². The van der Waals surface area contributed by atoms with Crippen molar-refractivity contribution in [1.82, 2.24) is 19.9 Å². The van der Waals surface area contributed by atoms with Crippen LogP contribution in [0.15, 0.2) is 42.7 Å². The smallest absolute Gasteiger partial charge is 0.410 e. The van der Waals surface area contributed by atoms with Crippen LogP contribution in [-0.4, -0.2) is 90.9 Å². The molecule has 1 unspecified atom stereocenters. The normalized spacial score (nSPS) is 16.3. The Morgan fingerprint density at radius 2 is 1.92 bits per heavy atom. The zero-order chi connectivity index (χ0) is 27.3. The van der Waals surface area contributed by atoms with E-state index >= 15 is 0 Å². The number of rotatable bonds is 8. The number of aromatic nitrogens is 3. The molecule has 2 aromatic heterocycles. The summed E-state index contributed by atoms with van der Waals surface area (Å²) >= 11 is 0. The molecule has 38 heavy (non-hydrogen) atoms. The molecule has 0 aliphatic carbocycles. The molecule has 1 amide bonds. The third kappa shape index (κ3) is 7.75. The Labute approximate surface area is 222 Å². The third-order valence-corrected chi connectivity index (χ3v) is 6.53. The molecule has 3 heterocycles. The molecule has 12 heteroatoms. The fourth-order valence-electron chi connectivity index (χ4n) is 3.82. The van der Waals surface area contributed by atoms with Gasteiger partial charge >= 0.3 is 6.09 Å². The molecule has 4 rings (SSSR count). The first-order valence-corrected chi connectivity index (χ1v) is 14.4. The first-order valence-electron chi connectivity index (χ1n) is 12.3. The summed E-state index contributed by atoms with van der Waals surface area (Å²) in [6, 6.07) is 9.11. The van der Waals surface area contributed by atoms with E-state index in [4.69, 9.17) is 19.2 Å². The van der Waals surface area contributed by atoms with Crippen LogP contribution in [0.2, 0.25) is 0 Å². The topological polar surface area (TPSA) is 133 Å². The molecule has 0 radical (unpaired) electrons. The monoisotopic (exact) mass is 543 g/mol. The van der Waals surface area contributed by atoms with Crippen LogP contribution in [-0.2, 0) is 19.3 Å². The van der Waals surface area contributed by atoms with Gasteiger partial charge in [-0.1, -0.05) is 0 Å². The molecule has 1 aliphatic heterocycles. The van der Waals surface area contributed by atoms with Crippen LogP contribution >= 0.6 is 0 Å². The Balaban J connectivity index is 1.47. The van der Waals surface area contributed by atoms with Gasteiger partial charge in [0.25, 0.3) is 0 Å². The lowest BCUT2D eigenvalue weighted by atomic mass is 10.1. The molecule has 1 N–H and O–H groups in total. The lowest BCUT2D eigenvalue weighted by Crippen LogP contribution is -2.49.